The molecule has 274 valence electrons. The van der Waals surface area contributed by atoms with E-state index in [0.29, 0.717) is 0 Å². The Bertz CT molecular complexity index is 3430. The van der Waals surface area contributed by atoms with Gasteiger partial charge in [-0.3, -0.25) is 0 Å². The molecule has 0 fully saturated rings. The molecule has 59 heavy (non-hydrogen) atoms. The van der Waals surface area contributed by atoms with E-state index in [4.69, 9.17) is 9.39 Å². The summed E-state index contributed by atoms with van der Waals surface area (Å²) in [6.07, 6.45) is 0. The van der Waals surface area contributed by atoms with Crippen LogP contribution in [-0.2, 0) is 0 Å². The number of para-hydroxylation sites is 5. The molecule has 0 atom stereocenters. The number of benzene rings is 9. The summed E-state index contributed by atoms with van der Waals surface area (Å²) in [7, 11) is 0. The molecular weight excluding hydrogens is 719 g/mol. The summed E-state index contributed by atoms with van der Waals surface area (Å²) in [5.41, 5.74) is 15.8. The molecule has 0 unspecified atom stereocenters. The average molecular weight is 753 g/mol. The number of hydrogen-bond acceptors (Lipinski definition) is 2. The van der Waals surface area contributed by atoms with Gasteiger partial charge in [-0.25, -0.2) is 0 Å². The zero-order chi connectivity index (χ0) is 38.6. The minimum atomic E-state index is -0.336. The van der Waals surface area contributed by atoms with Crippen LogP contribution in [0.1, 0.15) is 0 Å². The highest BCUT2D eigenvalue weighted by Crippen LogP contribution is 2.43. The summed E-state index contributed by atoms with van der Waals surface area (Å²) in [4.78, 5) is 0. The Kier molecular flexibility index (Phi) is 6.78. The second kappa shape index (κ2) is 12.4. The fourth-order valence-electron chi connectivity index (χ4n) is 9.82. The van der Waals surface area contributed by atoms with Crippen LogP contribution in [-0.4, -0.2) is 16.0 Å². The molecule has 0 saturated carbocycles. The number of ether oxygens (including phenoxy) is 1. The first-order valence-electron chi connectivity index (χ1n) is 20.2. The van der Waals surface area contributed by atoms with Crippen molar-refractivity contribution in [2.45, 2.75) is 0 Å². The normalized spacial score (nSPS) is 12.6. The third-order valence-electron chi connectivity index (χ3n) is 12.4. The fraction of sp³-hybridized carbons (Fsp3) is 0. The van der Waals surface area contributed by atoms with Gasteiger partial charge in [0.15, 0.2) is 0 Å². The molecule has 0 radical (unpaired) electrons. The van der Waals surface area contributed by atoms with E-state index in [0.717, 1.165) is 72.9 Å². The van der Waals surface area contributed by atoms with Crippen LogP contribution >= 0.6 is 0 Å². The molecule has 0 bridgehead atoms. The fourth-order valence-corrected chi connectivity index (χ4v) is 9.82. The van der Waals surface area contributed by atoms with E-state index in [1.807, 2.05) is 0 Å². The summed E-state index contributed by atoms with van der Waals surface area (Å²) in [5.74, 6) is 2.52. The molecule has 0 amide bonds. The van der Waals surface area contributed by atoms with Crippen LogP contribution in [0.15, 0.2) is 200 Å². The zero-order valence-corrected chi connectivity index (χ0v) is 31.8. The van der Waals surface area contributed by atoms with Gasteiger partial charge in [0.1, 0.15) is 17.2 Å². The summed E-state index contributed by atoms with van der Waals surface area (Å²) in [6, 6.07) is 71.8. The summed E-state index contributed by atoms with van der Waals surface area (Å²) >= 11 is 0. The first-order valence-corrected chi connectivity index (χ1v) is 20.2. The number of aromatic nitrogens is 2. The molecule has 2 aliphatic heterocycles. The van der Waals surface area contributed by atoms with Crippen molar-refractivity contribution in [1.82, 2.24) is 9.13 Å². The lowest BCUT2D eigenvalue weighted by molar-refractivity contribution is 0.479. The number of nitrogens with zero attached hydrogens (tertiary/aromatic N) is 2. The Morgan fingerprint density at radius 1 is 0.356 bits per heavy atom. The first kappa shape index (κ1) is 32.3. The van der Waals surface area contributed by atoms with Crippen molar-refractivity contribution >= 4 is 61.5 Å². The van der Waals surface area contributed by atoms with Gasteiger partial charge in [-0.05, 0) is 82.9 Å². The second-order valence-electron chi connectivity index (χ2n) is 15.6. The van der Waals surface area contributed by atoms with Gasteiger partial charge in [0.05, 0.1) is 27.8 Å². The van der Waals surface area contributed by atoms with Crippen molar-refractivity contribution in [3.05, 3.63) is 200 Å². The average Bonchev–Trinajstić information content (AvgIpc) is 3.82. The summed E-state index contributed by atoms with van der Waals surface area (Å²) in [5, 5.41) is 4.99. The van der Waals surface area contributed by atoms with Gasteiger partial charge >= 0.3 is 6.92 Å². The van der Waals surface area contributed by atoms with Crippen molar-refractivity contribution < 1.29 is 9.39 Å². The Morgan fingerprint density at radius 3 is 1.64 bits per heavy atom. The van der Waals surface area contributed by atoms with Crippen LogP contribution in [0.25, 0.3) is 88.4 Å². The third kappa shape index (κ3) is 4.73. The van der Waals surface area contributed by atoms with E-state index in [-0.39, 0.29) is 6.92 Å². The van der Waals surface area contributed by atoms with E-state index in [9.17, 15) is 0 Å². The minimum Gasteiger partial charge on any atom is -0.551 e. The Balaban J connectivity index is 0.925. The van der Waals surface area contributed by atoms with Crippen LogP contribution in [0.4, 0.5) is 0 Å². The largest absolute Gasteiger partial charge is 0.551 e. The van der Waals surface area contributed by atoms with Crippen LogP contribution < -0.4 is 20.3 Å². The SMILES string of the molecule is c1cc(-c2ccc3c(c2)OB2c4cc(-c5ccccc5-n5c6ccccc6c6ccccc65)ccc4Oc4cccc-3c42)cc(-n2c3ccccc3c3ccccc32)c1. The molecule has 0 saturated heterocycles. The minimum absolute atomic E-state index is 0.336. The van der Waals surface area contributed by atoms with Crippen molar-refractivity contribution in [2.24, 2.45) is 0 Å². The van der Waals surface area contributed by atoms with Gasteiger partial charge < -0.3 is 18.5 Å². The van der Waals surface area contributed by atoms with Gasteiger partial charge in [0.25, 0.3) is 0 Å². The molecule has 0 aliphatic carbocycles. The Labute approximate surface area is 340 Å². The lowest BCUT2D eigenvalue weighted by atomic mass is 9.50. The molecule has 2 aliphatic rings. The van der Waals surface area contributed by atoms with Gasteiger partial charge in [0.2, 0.25) is 0 Å². The number of hydrogen-bond donors (Lipinski definition) is 0. The maximum absolute atomic E-state index is 7.16. The second-order valence-corrected chi connectivity index (χ2v) is 15.6. The summed E-state index contributed by atoms with van der Waals surface area (Å²) in [6.45, 7) is -0.336. The zero-order valence-electron chi connectivity index (χ0n) is 31.8. The number of rotatable bonds is 4. The predicted octanol–water partition coefficient (Wildman–Crippen LogP) is 12.5. The molecule has 2 aromatic heterocycles. The first-order chi connectivity index (χ1) is 29.3. The van der Waals surface area contributed by atoms with Gasteiger partial charge in [-0.2, -0.15) is 0 Å². The van der Waals surface area contributed by atoms with Crippen LogP contribution in [0.3, 0.4) is 0 Å². The van der Waals surface area contributed by atoms with Gasteiger partial charge in [0, 0.05) is 49.3 Å². The quantitative estimate of drug-likeness (QED) is 0.168. The number of fused-ring (bicyclic) bond motifs is 10. The molecule has 4 heterocycles. The predicted molar refractivity (Wildman–Crippen MR) is 244 cm³/mol. The highest BCUT2D eigenvalue weighted by Gasteiger charge is 2.41. The van der Waals surface area contributed by atoms with Crippen molar-refractivity contribution in [2.75, 3.05) is 0 Å². The molecule has 0 spiro atoms. The maximum atomic E-state index is 7.16. The van der Waals surface area contributed by atoms with Crippen molar-refractivity contribution in [3.63, 3.8) is 0 Å². The van der Waals surface area contributed by atoms with E-state index >= 15 is 0 Å². The molecule has 11 aromatic rings. The third-order valence-corrected chi connectivity index (χ3v) is 12.4. The smallest absolute Gasteiger partial charge is 0.434 e. The Hall–Kier alpha value is -7.76. The highest BCUT2D eigenvalue weighted by molar-refractivity contribution is 6.84. The molecule has 13 rings (SSSR count). The Morgan fingerprint density at radius 2 is 0.932 bits per heavy atom. The topological polar surface area (TPSA) is 28.3 Å². The van der Waals surface area contributed by atoms with Gasteiger partial charge in [-0.1, -0.05) is 140 Å². The van der Waals surface area contributed by atoms with Crippen LogP contribution in [0.5, 0.6) is 17.2 Å². The molecule has 0 N–H and O–H groups in total. The maximum Gasteiger partial charge on any atom is 0.434 e. The standard InChI is InChI=1S/C54H33BN2O2/c1-6-21-46(57-49-24-9-4-18-41(49)42-19-5-10-25-50(42)57)38(15-1)36-28-30-51-45(32-36)55-54-44(20-12-26-52(54)58-51)43-29-27-35(33-53(43)59-55)34-13-11-14-37(31-34)56-47-22-7-2-16-39(47)40-17-3-8-23-48(40)56/h1-33H. The van der Waals surface area contributed by atoms with Crippen LogP contribution in [0, 0.1) is 0 Å². The van der Waals surface area contributed by atoms with E-state index in [1.54, 1.807) is 0 Å². The lowest BCUT2D eigenvalue weighted by Crippen LogP contribution is -2.53. The van der Waals surface area contributed by atoms with Crippen molar-refractivity contribution in [1.29, 1.82) is 0 Å². The molecule has 5 heteroatoms. The van der Waals surface area contributed by atoms with E-state index in [2.05, 4.69) is 209 Å². The van der Waals surface area contributed by atoms with Crippen molar-refractivity contribution in [3.8, 4) is 62.0 Å². The monoisotopic (exact) mass is 752 g/mol. The van der Waals surface area contributed by atoms with Gasteiger partial charge in [-0.15, -0.1) is 0 Å². The molecule has 9 aromatic carbocycles. The van der Waals surface area contributed by atoms with E-state index < -0.39 is 0 Å². The van der Waals surface area contributed by atoms with E-state index in [1.165, 1.54) is 43.6 Å². The molecular formula is C54H33BN2O2. The molecule has 4 nitrogen and oxygen atoms in total. The summed E-state index contributed by atoms with van der Waals surface area (Å²) < 4.78 is 18.6. The highest BCUT2D eigenvalue weighted by atomic mass is 16.5. The van der Waals surface area contributed by atoms with Crippen LogP contribution in [0.2, 0.25) is 0 Å². The lowest BCUT2D eigenvalue weighted by Gasteiger charge is -2.33.